The Kier molecular flexibility index (Phi) is 12.9. The molecule has 8 heteroatoms. The highest BCUT2D eigenvalue weighted by Gasteiger charge is 2.34. The maximum Gasteiger partial charge on any atom is 0.408 e. The third-order valence-corrected chi connectivity index (χ3v) is 4.33. The van der Waals surface area contributed by atoms with Gasteiger partial charge in [-0.25, -0.2) is 9.59 Å². The van der Waals surface area contributed by atoms with Crippen LogP contribution in [0.25, 0.3) is 0 Å². The quantitative estimate of drug-likeness (QED) is 0.731. The predicted octanol–water partition coefficient (Wildman–Crippen LogP) is 2.83. The number of carbonyl (C=O) groups excluding carboxylic acids is 4. The molecule has 2 aliphatic rings. The molecule has 1 unspecified atom stereocenters. The number of likely N-dealkylation sites (tertiary alicyclic amines) is 1. The fourth-order valence-corrected chi connectivity index (χ4v) is 3.07. The minimum absolute atomic E-state index is 0.192. The summed E-state index contributed by atoms with van der Waals surface area (Å²) in [5, 5.41) is 2.39. The topological polar surface area (TPSA) is 102 Å². The van der Waals surface area contributed by atoms with Crippen molar-refractivity contribution < 1.29 is 28.7 Å². The molecule has 0 radical (unpaired) electrons. The zero-order valence-corrected chi connectivity index (χ0v) is 17.8. The van der Waals surface area contributed by atoms with Crippen LogP contribution in [-0.4, -0.2) is 61.5 Å². The number of carbonyl (C=O) groups is 4. The second kappa shape index (κ2) is 14.0. The smallest absolute Gasteiger partial charge is 0.408 e. The molecule has 1 saturated carbocycles. The highest BCUT2D eigenvalue weighted by atomic mass is 16.6. The van der Waals surface area contributed by atoms with Gasteiger partial charge in [0.2, 0.25) is 5.91 Å². The second-order valence-corrected chi connectivity index (χ2v) is 7.75. The summed E-state index contributed by atoms with van der Waals surface area (Å²) in [5.74, 6) is -0.739. The van der Waals surface area contributed by atoms with Gasteiger partial charge in [0.1, 0.15) is 25.0 Å². The number of amides is 2. The van der Waals surface area contributed by atoms with Gasteiger partial charge in [0, 0.05) is 6.54 Å². The van der Waals surface area contributed by atoms with E-state index in [2.05, 4.69) is 10.1 Å². The lowest BCUT2D eigenvalue weighted by Gasteiger charge is -2.23. The van der Waals surface area contributed by atoms with Gasteiger partial charge >= 0.3 is 12.1 Å². The van der Waals surface area contributed by atoms with E-state index in [-0.39, 0.29) is 12.5 Å². The molecule has 1 aliphatic carbocycles. The number of hydrogen-bond acceptors (Lipinski definition) is 6. The number of esters is 1. The maximum atomic E-state index is 12.0. The molecule has 0 bridgehead atoms. The Hall–Kier alpha value is -2.12. The fourth-order valence-electron chi connectivity index (χ4n) is 3.07. The normalized spacial score (nSPS) is 18.6. The number of ether oxygens (including phenoxy) is 2. The highest BCUT2D eigenvalue weighted by Crippen LogP contribution is 2.18. The van der Waals surface area contributed by atoms with Crippen LogP contribution in [-0.2, 0) is 23.9 Å². The average Bonchev–Trinajstić information content (AvgIpc) is 3.17. The fraction of sp³-hybridized carbons (Fsp3) is 0.800. The third-order valence-electron chi connectivity index (χ3n) is 4.33. The number of rotatable bonds is 3. The summed E-state index contributed by atoms with van der Waals surface area (Å²) in [6, 6.07) is -0.548. The predicted molar refractivity (Wildman–Crippen MR) is 106 cm³/mol. The lowest BCUT2D eigenvalue weighted by Crippen LogP contribution is -2.46. The molecule has 1 saturated heterocycles. The summed E-state index contributed by atoms with van der Waals surface area (Å²) in [6.07, 6.45) is 9.68. The summed E-state index contributed by atoms with van der Waals surface area (Å²) < 4.78 is 9.69. The molecule has 0 aromatic carbocycles. The molecule has 28 heavy (non-hydrogen) atoms. The Morgan fingerprint density at radius 1 is 1.00 bits per heavy atom. The minimum Gasteiger partial charge on any atom is -0.467 e. The molecule has 1 heterocycles. The zero-order valence-electron chi connectivity index (χ0n) is 17.8. The van der Waals surface area contributed by atoms with Crippen LogP contribution in [0.1, 0.15) is 72.1 Å². The van der Waals surface area contributed by atoms with Crippen LogP contribution < -0.4 is 5.32 Å². The number of hydrogen-bond donors (Lipinski definition) is 1. The molecule has 2 amide bonds. The molecular weight excluding hydrogens is 364 g/mol. The van der Waals surface area contributed by atoms with Crippen molar-refractivity contribution in [1.29, 1.82) is 0 Å². The number of alkyl carbamates (subject to hydrolysis) is 1. The van der Waals surface area contributed by atoms with E-state index in [1.807, 2.05) is 6.79 Å². The van der Waals surface area contributed by atoms with Crippen molar-refractivity contribution in [2.45, 2.75) is 83.8 Å². The lowest BCUT2D eigenvalue weighted by atomic mass is 10.0. The van der Waals surface area contributed by atoms with Crippen LogP contribution in [0.5, 0.6) is 0 Å². The summed E-state index contributed by atoms with van der Waals surface area (Å²) in [5.41, 5.74) is -0.616. The van der Waals surface area contributed by atoms with Crippen molar-refractivity contribution in [3.63, 3.8) is 0 Å². The first kappa shape index (κ1) is 25.9. The molecule has 0 aromatic rings. The van der Waals surface area contributed by atoms with Crippen LogP contribution in [0, 0.1) is 0 Å². The first-order valence-electron chi connectivity index (χ1n) is 9.87. The van der Waals surface area contributed by atoms with Gasteiger partial charge in [-0.15, -0.1) is 0 Å². The highest BCUT2D eigenvalue weighted by molar-refractivity contribution is 5.87. The van der Waals surface area contributed by atoms with Gasteiger partial charge in [-0.1, -0.05) is 38.5 Å². The Morgan fingerprint density at radius 2 is 1.50 bits per heavy atom. The molecule has 1 N–H and O–H groups in total. The summed E-state index contributed by atoms with van der Waals surface area (Å²) in [6.45, 7) is 7.52. The van der Waals surface area contributed by atoms with E-state index < -0.39 is 23.7 Å². The van der Waals surface area contributed by atoms with E-state index in [1.54, 1.807) is 20.8 Å². The number of methoxy groups -OCH3 is 1. The van der Waals surface area contributed by atoms with E-state index in [0.717, 1.165) is 6.42 Å². The van der Waals surface area contributed by atoms with E-state index in [4.69, 9.17) is 9.53 Å². The third kappa shape index (κ3) is 10.9. The van der Waals surface area contributed by atoms with Gasteiger partial charge in [0.15, 0.2) is 0 Å². The Labute approximate surface area is 168 Å². The van der Waals surface area contributed by atoms with Gasteiger partial charge in [-0.3, -0.25) is 4.79 Å². The van der Waals surface area contributed by atoms with Crippen LogP contribution in [0.15, 0.2) is 0 Å². The molecule has 0 aromatic heterocycles. The van der Waals surface area contributed by atoms with E-state index in [1.165, 1.54) is 50.5 Å². The Morgan fingerprint density at radius 3 is 1.93 bits per heavy atom. The van der Waals surface area contributed by atoms with Crippen LogP contribution in [0.4, 0.5) is 4.79 Å². The van der Waals surface area contributed by atoms with Gasteiger partial charge in [-0.05, 0) is 33.6 Å². The maximum absolute atomic E-state index is 12.0. The Balaban J connectivity index is 0.000000759. The van der Waals surface area contributed by atoms with Crippen molar-refractivity contribution in [2.75, 3.05) is 20.2 Å². The minimum atomic E-state index is -0.653. The van der Waals surface area contributed by atoms with Crippen molar-refractivity contribution in [1.82, 2.24) is 10.2 Å². The summed E-state index contributed by atoms with van der Waals surface area (Å²) in [7, 11) is 1.29. The molecule has 162 valence electrons. The summed E-state index contributed by atoms with van der Waals surface area (Å²) >= 11 is 0. The molecule has 1 aliphatic heterocycles. The van der Waals surface area contributed by atoms with E-state index in [0.29, 0.717) is 13.0 Å². The van der Waals surface area contributed by atoms with E-state index >= 15 is 0 Å². The summed E-state index contributed by atoms with van der Waals surface area (Å²) in [4.78, 5) is 44.4. The average molecular weight is 401 g/mol. The van der Waals surface area contributed by atoms with Gasteiger partial charge in [0.25, 0.3) is 0 Å². The SMILES string of the molecule is C1CCCCC1.C=O.COC(=O)C1CCCN1C(=O)CNC(=O)OC(C)(C)C. The first-order chi connectivity index (χ1) is 13.2. The molecule has 0 spiro atoms. The molecule has 2 fully saturated rings. The molecule has 2 rings (SSSR count). The van der Waals surface area contributed by atoms with Crippen LogP contribution >= 0.6 is 0 Å². The molecule has 8 nitrogen and oxygen atoms in total. The molecule has 1 atom stereocenters. The monoisotopic (exact) mass is 400 g/mol. The second-order valence-electron chi connectivity index (χ2n) is 7.75. The van der Waals surface area contributed by atoms with Gasteiger partial charge in [-0.2, -0.15) is 0 Å². The lowest BCUT2D eigenvalue weighted by molar-refractivity contribution is -0.150. The van der Waals surface area contributed by atoms with Crippen molar-refractivity contribution >= 4 is 24.8 Å². The molecular formula is C20H36N2O6. The Bertz CT molecular complexity index is 474. The van der Waals surface area contributed by atoms with E-state index in [9.17, 15) is 14.4 Å². The van der Waals surface area contributed by atoms with Crippen molar-refractivity contribution in [3.05, 3.63) is 0 Å². The number of nitrogens with one attached hydrogen (secondary N) is 1. The standard InChI is InChI=1S/C13H22N2O5.C6H12.CH2O/c1-13(2,3)20-12(18)14-8-10(16)15-7-5-6-9(15)11(17)19-4;1-2-4-6-5-3-1;1-2/h9H,5-8H2,1-4H3,(H,14,18);1-6H2;1H2. The van der Waals surface area contributed by atoms with Crippen LogP contribution in [0.2, 0.25) is 0 Å². The largest absolute Gasteiger partial charge is 0.467 e. The van der Waals surface area contributed by atoms with Crippen LogP contribution in [0.3, 0.4) is 0 Å². The van der Waals surface area contributed by atoms with Crippen molar-refractivity contribution in [3.8, 4) is 0 Å². The van der Waals surface area contributed by atoms with Crippen molar-refractivity contribution in [2.24, 2.45) is 0 Å². The van der Waals surface area contributed by atoms with Gasteiger partial charge < -0.3 is 24.5 Å². The first-order valence-corrected chi connectivity index (χ1v) is 9.87. The zero-order chi connectivity index (χ0) is 21.6. The van der Waals surface area contributed by atoms with Gasteiger partial charge in [0.05, 0.1) is 7.11 Å². The number of nitrogens with zero attached hydrogens (tertiary/aromatic N) is 1.